The van der Waals surface area contributed by atoms with Crippen LogP contribution >= 0.6 is 11.5 Å². The van der Waals surface area contributed by atoms with Gasteiger partial charge < -0.3 is 5.32 Å². The fourth-order valence-electron chi connectivity index (χ4n) is 5.22. The minimum atomic E-state index is -0.166. The van der Waals surface area contributed by atoms with Gasteiger partial charge in [-0.2, -0.15) is 4.37 Å². The van der Waals surface area contributed by atoms with Crippen LogP contribution in [0.5, 0.6) is 0 Å². The van der Waals surface area contributed by atoms with E-state index in [1.165, 1.54) is 37.7 Å². The summed E-state index contributed by atoms with van der Waals surface area (Å²) in [6.45, 7) is 1.52. The van der Waals surface area contributed by atoms with Crippen molar-refractivity contribution in [2.45, 2.75) is 51.9 Å². The predicted molar refractivity (Wildman–Crippen MR) is 83.5 cm³/mol. The van der Waals surface area contributed by atoms with Crippen LogP contribution in [0.2, 0.25) is 0 Å². The van der Waals surface area contributed by atoms with Crippen LogP contribution in [0.3, 0.4) is 0 Å². The third-order valence-electron chi connectivity index (χ3n) is 5.62. The van der Waals surface area contributed by atoms with E-state index in [1.807, 2.05) is 0 Å². The zero-order valence-electron chi connectivity index (χ0n) is 12.8. The number of amides is 1. The molecule has 4 aliphatic carbocycles. The Bertz CT molecular complexity index is 589. The lowest BCUT2D eigenvalue weighted by Crippen LogP contribution is -2.51. The van der Waals surface area contributed by atoms with Gasteiger partial charge in [0.25, 0.3) is 0 Å². The first-order valence-electron chi connectivity index (χ1n) is 8.16. The fourth-order valence-corrected chi connectivity index (χ4v) is 5.80. The van der Waals surface area contributed by atoms with Crippen LogP contribution in [-0.2, 0) is 16.0 Å². The predicted octanol–water partition coefficient (Wildman–Crippen LogP) is 2.82. The molecule has 4 saturated carbocycles. The van der Waals surface area contributed by atoms with Crippen molar-refractivity contribution in [2.24, 2.45) is 23.2 Å². The molecular weight excluding hydrogens is 298 g/mol. The Morgan fingerprint density at radius 2 is 1.77 bits per heavy atom. The first-order chi connectivity index (χ1) is 10.5. The third kappa shape index (κ3) is 2.47. The minimum absolute atomic E-state index is 0.0387. The zero-order valence-corrected chi connectivity index (χ0v) is 13.6. The number of ketones is 1. The average molecular weight is 319 g/mol. The Morgan fingerprint density at radius 1 is 1.18 bits per heavy atom. The second kappa shape index (κ2) is 5.11. The highest BCUT2D eigenvalue weighted by molar-refractivity contribution is 7.09. The molecule has 1 aromatic rings. The standard InChI is InChI=1S/C16H21N3O2S/c1-9(20)2-13-17-15(22-19-13)18-14(21)16-6-10-3-11(7-16)5-12(4-10)8-16/h10-12H,2-8H2,1H3,(H,17,18,19,21). The number of carbonyl (C=O) groups excluding carboxylic acids is 2. The lowest BCUT2D eigenvalue weighted by Gasteiger charge is -2.55. The van der Waals surface area contributed by atoms with Crippen molar-refractivity contribution in [3.05, 3.63) is 5.82 Å². The second-order valence-corrected chi connectivity index (χ2v) is 8.30. The highest BCUT2D eigenvalue weighted by Gasteiger charge is 2.54. The monoisotopic (exact) mass is 319 g/mol. The van der Waals surface area contributed by atoms with Gasteiger partial charge >= 0.3 is 0 Å². The van der Waals surface area contributed by atoms with E-state index >= 15 is 0 Å². The normalized spacial score (nSPS) is 35.6. The van der Waals surface area contributed by atoms with Crippen LogP contribution in [0.15, 0.2) is 0 Å². The van der Waals surface area contributed by atoms with E-state index in [0.717, 1.165) is 37.0 Å². The molecule has 5 rings (SSSR count). The van der Waals surface area contributed by atoms with Crippen molar-refractivity contribution in [3.8, 4) is 0 Å². The number of carbonyl (C=O) groups is 2. The molecule has 5 nitrogen and oxygen atoms in total. The van der Waals surface area contributed by atoms with Crippen molar-refractivity contribution in [1.82, 2.24) is 9.36 Å². The van der Waals surface area contributed by atoms with Gasteiger partial charge in [0.05, 0.1) is 11.8 Å². The van der Waals surface area contributed by atoms with E-state index in [4.69, 9.17) is 0 Å². The Balaban J connectivity index is 1.48. The number of nitrogens with zero attached hydrogens (tertiary/aromatic N) is 2. The van der Waals surface area contributed by atoms with Crippen LogP contribution in [-0.4, -0.2) is 21.0 Å². The van der Waals surface area contributed by atoms with Gasteiger partial charge in [0.2, 0.25) is 11.0 Å². The molecule has 1 amide bonds. The van der Waals surface area contributed by atoms with Crippen molar-refractivity contribution in [2.75, 3.05) is 5.32 Å². The molecule has 1 aromatic heterocycles. The summed E-state index contributed by atoms with van der Waals surface area (Å²) in [7, 11) is 0. The third-order valence-corrected chi connectivity index (χ3v) is 6.28. The zero-order chi connectivity index (χ0) is 15.3. The number of Topliss-reactive ketones (excluding diaryl/α,β-unsaturated/α-hetero) is 1. The van der Waals surface area contributed by atoms with Crippen LogP contribution in [0.1, 0.15) is 51.3 Å². The Morgan fingerprint density at radius 3 is 2.32 bits per heavy atom. The number of hydrogen-bond acceptors (Lipinski definition) is 5. The van der Waals surface area contributed by atoms with Crippen molar-refractivity contribution >= 4 is 28.4 Å². The summed E-state index contributed by atoms with van der Waals surface area (Å²) in [5.41, 5.74) is -0.166. The van der Waals surface area contributed by atoms with Gasteiger partial charge in [0.15, 0.2) is 5.82 Å². The molecule has 1 heterocycles. The maximum absolute atomic E-state index is 12.9. The first-order valence-corrected chi connectivity index (χ1v) is 8.93. The van der Waals surface area contributed by atoms with Crippen LogP contribution in [0.25, 0.3) is 0 Å². The van der Waals surface area contributed by atoms with Crippen molar-refractivity contribution < 1.29 is 9.59 Å². The topological polar surface area (TPSA) is 72.0 Å². The van der Waals surface area contributed by atoms with Crippen molar-refractivity contribution in [3.63, 3.8) is 0 Å². The van der Waals surface area contributed by atoms with Gasteiger partial charge in [-0.25, -0.2) is 4.98 Å². The van der Waals surface area contributed by atoms with Crippen molar-refractivity contribution in [1.29, 1.82) is 0 Å². The molecule has 4 fully saturated rings. The maximum atomic E-state index is 12.9. The van der Waals surface area contributed by atoms with Crippen LogP contribution < -0.4 is 5.32 Å². The molecular formula is C16H21N3O2S. The largest absolute Gasteiger partial charge is 0.300 e. The lowest BCUT2D eigenvalue weighted by molar-refractivity contribution is -0.140. The molecule has 0 aromatic carbocycles. The number of aromatic nitrogens is 2. The molecule has 0 saturated heterocycles. The smallest absolute Gasteiger partial charge is 0.232 e. The number of anilines is 1. The molecule has 6 heteroatoms. The molecule has 4 aliphatic rings. The van der Waals surface area contributed by atoms with E-state index in [9.17, 15) is 9.59 Å². The summed E-state index contributed by atoms with van der Waals surface area (Å²) in [5.74, 6) is 2.94. The van der Waals surface area contributed by atoms with Gasteiger partial charge in [0, 0.05) is 11.5 Å². The van der Waals surface area contributed by atoms with Gasteiger partial charge in [-0.15, -0.1) is 0 Å². The van der Waals surface area contributed by atoms with Gasteiger partial charge in [-0.1, -0.05) is 0 Å². The Labute approximate surface area is 134 Å². The number of hydrogen-bond donors (Lipinski definition) is 1. The molecule has 0 spiro atoms. The Kier molecular flexibility index (Phi) is 3.33. The van der Waals surface area contributed by atoms with E-state index < -0.39 is 0 Å². The fraction of sp³-hybridized carbons (Fsp3) is 0.750. The summed E-state index contributed by atoms with van der Waals surface area (Å²) >= 11 is 1.18. The number of nitrogens with one attached hydrogen (secondary N) is 1. The minimum Gasteiger partial charge on any atom is -0.300 e. The molecule has 1 N–H and O–H groups in total. The van der Waals surface area contributed by atoms with Gasteiger partial charge in [-0.3, -0.25) is 9.59 Å². The summed E-state index contributed by atoms with van der Waals surface area (Å²) in [6, 6.07) is 0. The first kappa shape index (κ1) is 14.3. The highest BCUT2D eigenvalue weighted by atomic mass is 32.1. The second-order valence-electron chi connectivity index (χ2n) is 7.55. The SMILES string of the molecule is CC(=O)Cc1nsc(NC(=O)C23CC4CC(CC(C4)C2)C3)n1. The summed E-state index contributed by atoms with van der Waals surface area (Å²) in [6.07, 6.45) is 7.36. The van der Waals surface area contributed by atoms with Crippen LogP contribution in [0.4, 0.5) is 5.13 Å². The summed E-state index contributed by atoms with van der Waals surface area (Å²) in [5, 5.41) is 3.53. The molecule has 0 unspecified atom stereocenters. The lowest BCUT2D eigenvalue weighted by atomic mass is 9.49. The molecule has 118 valence electrons. The molecule has 4 bridgehead atoms. The average Bonchev–Trinajstić information content (AvgIpc) is 2.83. The van der Waals surface area contributed by atoms with Crippen LogP contribution in [0, 0.1) is 23.2 Å². The quantitative estimate of drug-likeness (QED) is 0.926. The maximum Gasteiger partial charge on any atom is 0.232 e. The highest BCUT2D eigenvalue weighted by Crippen LogP contribution is 2.60. The molecule has 0 radical (unpaired) electrons. The van der Waals surface area contributed by atoms with Gasteiger partial charge in [-0.05, 0) is 63.2 Å². The molecule has 0 atom stereocenters. The summed E-state index contributed by atoms with van der Waals surface area (Å²) in [4.78, 5) is 28.2. The van der Waals surface area contributed by atoms with Gasteiger partial charge in [0.1, 0.15) is 5.78 Å². The molecule has 22 heavy (non-hydrogen) atoms. The molecule has 0 aliphatic heterocycles. The van der Waals surface area contributed by atoms with E-state index in [-0.39, 0.29) is 23.5 Å². The number of rotatable bonds is 4. The Hall–Kier alpha value is -1.30. The van der Waals surface area contributed by atoms with E-state index in [0.29, 0.717) is 11.0 Å². The van der Waals surface area contributed by atoms with E-state index in [2.05, 4.69) is 14.7 Å². The van der Waals surface area contributed by atoms with E-state index in [1.54, 1.807) is 0 Å². The summed E-state index contributed by atoms with van der Waals surface area (Å²) < 4.78 is 4.15.